The molecular formula is C19H24N4O5S. The minimum Gasteiger partial charge on any atom is -0.393 e. The summed E-state index contributed by atoms with van der Waals surface area (Å²) in [7, 11) is -2.19. The minimum atomic E-state index is -4.12. The first-order valence-corrected chi connectivity index (χ1v) is 11.0. The number of aromatic nitrogens is 2. The van der Waals surface area contributed by atoms with Crippen molar-refractivity contribution in [3.05, 3.63) is 62.9 Å². The fourth-order valence-electron chi connectivity index (χ4n) is 4.66. The molecule has 2 aliphatic rings. The van der Waals surface area contributed by atoms with E-state index in [1.807, 2.05) is 42.4 Å². The quantitative estimate of drug-likeness (QED) is 0.616. The number of nitrogens with one attached hydrogen (secondary N) is 2. The van der Waals surface area contributed by atoms with E-state index in [0.717, 1.165) is 11.8 Å². The number of benzene rings is 1. The van der Waals surface area contributed by atoms with E-state index in [1.54, 1.807) is 0 Å². The van der Waals surface area contributed by atoms with E-state index in [4.69, 9.17) is 0 Å². The van der Waals surface area contributed by atoms with Crippen molar-refractivity contribution in [2.75, 3.05) is 26.7 Å². The molecule has 4 atom stereocenters. The lowest BCUT2D eigenvalue weighted by atomic mass is 9.81. The van der Waals surface area contributed by atoms with Gasteiger partial charge in [-0.3, -0.25) is 9.78 Å². The third-order valence-electron chi connectivity index (χ3n) is 6.10. The highest BCUT2D eigenvalue weighted by Gasteiger charge is 2.48. The summed E-state index contributed by atoms with van der Waals surface area (Å²) in [6.07, 6.45) is 0.545. The second-order valence-corrected chi connectivity index (χ2v) is 9.66. The first-order chi connectivity index (χ1) is 13.8. The minimum absolute atomic E-state index is 0.0975. The zero-order valence-corrected chi connectivity index (χ0v) is 16.8. The Morgan fingerprint density at radius 1 is 1.14 bits per heavy atom. The van der Waals surface area contributed by atoms with Crippen molar-refractivity contribution in [3.63, 3.8) is 0 Å². The Morgan fingerprint density at radius 3 is 2.55 bits per heavy atom. The molecule has 1 aromatic heterocycles. The van der Waals surface area contributed by atoms with Gasteiger partial charge in [-0.15, -0.1) is 0 Å². The van der Waals surface area contributed by atoms with E-state index in [2.05, 4.69) is 9.88 Å². The summed E-state index contributed by atoms with van der Waals surface area (Å²) in [5, 5.41) is 10.9. The van der Waals surface area contributed by atoms with Gasteiger partial charge in [-0.2, -0.15) is 4.31 Å². The molecule has 3 heterocycles. The van der Waals surface area contributed by atoms with E-state index in [-0.39, 0.29) is 37.4 Å². The Bertz CT molecular complexity index is 1100. The van der Waals surface area contributed by atoms with Gasteiger partial charge in [0, 0.05) is 43.7 Å². The predicted octanol–water partition coefficient (Wildman–Crippen LogP) is -0.467. The van der Waals surface area contributed by atoms with Crippen LogP contribution in [0.2, 0.25) is 0 Å². The van der Waals surface area contributed by atoms with Crippen molar-refractivity contribution in [1.82, 2.24) is 19.2 Å². The Morgan fingerprint density at radius 2 is 1.86 bits per heavy atom. The van der Waals surface area contributed by atoms with Crippen LogP contribution in [0.1, 0.15) is 17.9 Å². The molecule has 4 rings (SSSR count). The normalized spacial score (nSPS) is 28.8. The summed E-state index contributed by atoms with van der Waals surface area (Å²) in [6, 6.07) is 9.75. The summed E-state index contributed by atoms with van der Waals surface area (Å²) in [4.78, 5) is 29.1. The van der Waals surface area contributed by atoms with Gasteiger partial charge in [0.2, 0.25) is 10.0 Å². The smallest absolute Gasteiger partial charge is 0.325 e. The van der Waals surface area contributed by atoms with Gasteiger partial charge in [0.25, 0.3) is 5.56 Å². The van der Waals surface area contributed by atoms with E-state index in [1.165, 1.54) is 4.31 Å². The van der Waals surface area contributed by atoms with Crippen molar-refractivity contribution >= 4 is 10.0 Å². The van der Waals surface area contributed by atoms with Crippen LogP contribution in [0.4, 0.5) is 0 Å². The van der Waals surface area contributed by atoms with Crippen LogP contribution in [0, 0.1) is 5.92 Å². The maximum Gasteiger partial charge on any atom is 0.325 e. The van der Waals surface area contributed by atoms with Gasteiger partial charge in [0.05, 0.1) is 6.10 Å². The third-order valence-corrected chi connectivity index (χ3v) is 7.97. The van der Waals surface area contributed by atoms with Gasteiger partial charge in [-0.05, 0) is 19.0 Å². The van der Waals surface area contributed by atoms with Gasteiger partial charge in [0.15, 0.2) is 4.90 Å². The van der Waals surface area contributed by atoms with Crippen LogP contribution in [0.25, 0.3) is 0 Å². The van der Waals surface area contributed by atoms with Crippen molar-refractivity contribution in [3.8, 4) is 0 Å². The summed E-state index contributed by atoms with van der Waals surface area (Å²) in [6.45, 7) is 0.983. The number of rotatable bonds is 3. The molecule has 9 nitrogen and oxygen atoms in total. The number of aliphatic hydroxyl groups is 1. The van der Waals surface area contributed by atoms with E-state index < -0.39 is 32.3 Å². The largest absolute Gasteiger partial charge is 0.393 e. The third kappa shape index (κ3) is 3.57. The molecule has 2 saturated heterocycles. The highest BCUT2D eigenvalue weighted by Crippen LogP contribution is 2.41. The van der Waals surface area contributed by atoms with Crippen LogP contribution >= 0.6 is 0 Å². The number of nitrogens with zero attached hydrogens (tertiary/aromatic N) is 2. The molecule has 2 aliphatic heterocycles. The van der Waals surface area contributed by atoms with E-state index in [0.29, 0.717) is 6.54 Å². The summed E-state index contributed by atoms with van der Waals surface area (Å²) >= 11 is 0. The average Bonchev–Trinajstić information content (AvgIpc) is 2.89. The summed E-state index contributed by atoms with van der Waals surface area (Å²) < 4.78 is 27.5. The lowest BCUT2D eigenvalue weighted by molar-refractivity contribution is 0.0850. The molecule has 3 N–H and O–H groups in total. The molecule has 1 aromatic carbocycles. The van der Waals surface area contributed by atoms with Crippen molar-refractivity contribution in [1.29, 1.82) is 0 Å². The van der Waals surface area contributed by atoms with Crippen LogP contribution in [0.5, 0.6) is 0 Å². The van der Waals surface area contributed by atoms with Gasteiger partial charge in [0.1, 0.15) is 0 Å². The highest BCUT2D eigenvalue weighted by molar-refractivity contribution is 7.89. The molecule has 0 spiro atoms. The maximum atomic E-state index is 13.1. The van der Waals surface area contributed by atoms with Crippen LogP contribution < -0.4 is 11.2 Å². The second kappa shape index (κ2) is 7.52. The highest BCUT2D eigenvalue weighted by atomic mass is 32.2. The average molecular weight is 420 g/mol. The molecule has 10 heteroatoms. The molecule has 0 radical (unpaired) electrons. The van der Waals surface area contributed by atoms with E-state index in [9.17, 15) is 23.1 Å². The van der Waals surface area contributed by atoms with Crippen LogP contribution in [-0.2, 0) is 10.0 Å². The van der Waals surface area contributed by atoms with Crippen molar-refractivity contribution in [2.45, 2.75) is 29.4 Å². The van der Waals surface area contributed by atoms with Crippen LogP contribution in [-0.4, -0.2) is 71.5 Å². The van der Waals surface area contributed by atoms with E-state index >= 15 is 0 Å². The predicted molar refractivity (Wildman–Crippen MR) is 106 cm³/mol. The van der Waals surface area contributed by atoms with Gasteiger partial charge in [-0.25, -0.2) is 13.2 Å². The summed E-state index contributed by atoms with van der Waals surface area (Å²) in [5.41, 5.74) is -0.585. The second-order valence-electron chi connectivity index (χ2n) is 7.76. The molecule has 0 unspecified atom stereocenters. The Labute approximate surface area is 168 Å². The number of aliphatic hydroxyl groups excluding tert-OH is 1. The van der Waals surface area contributed by atoms with Gasteiger partial charge >= 0.3 is 5.69 Å². The zero-order chi connectivity index (χ0) is 20.8. The standard InChI is InChI=1S/C19H24N4O5S/c1-22-10-13(12-5-3-2-4-6-12)17-14(22)11-23(8-7-15(17)24)29(27,28)16-9-20-19(26)21-18(16)25/h2-6,9,13-15,17,24H,7-8,10-11H2,1H3,(H2,20,21,25,26)/t13-,14+,15+,17-/m0/s1. The molecule has 2 aromatic rings. The number of aromatic amines is 2. The number of hydrogen-bond acceptors (Lipinski definition) is 6. The molecule has 156 valence electrons. The first-order valence-electron chi connectivity index (χ1n) is 9.54. The monoisotopic (exact) mass is 420 g/mol. The fourth-order valence-corrected chi connectivity index (χ4v) is 6.12. The van der Waals surface area contributed by atoms with Gasteiger partial charge < -0.3 is 15.0 Å². The lowest BCUT2D eigenvalue weighted by Gasteiger charge is -2.29. The number of likely N-dealkylation sites (N-methyl/N-ethyl adjacent to an activating group) is 1. The molecule has 0 saturated carbocycles. The fraction of sp³-hybridized carbons (Fsp3) is 0.474. The molecule has 0 amide bonds. The first kappa shape index (κ1) is 20.0. The number of hydrogen-bond donors (Lipinski definition) is 3. The van der Waals surface area contributed by atoms with Crippen LogP contribution in [0.3, 0.4) is 0 Å². The number of likely N-dealkylation sites (tertiary alicyclic amines) is 1. The maximum absolute atomic E-state index is 13.1. The molecule has 2 fully saturated rings. The SMILES string of the molecule is CN1C[C@@H](c2ccccc2)[C@@H]2[C@H](O)CCN(S(=O)(=O)c3c[nH]c(=O)[nH]c3=O)C[C@H]21. The molecule has 29 heavy (non-hydrogen) atoms. The van der Waals surface area contributed by atoms with Gasteiger partial charge in [-0.1, -0.05) is 30.3 Å². The van der Waals surface area contributed by atoms with Crippen molar-refractivity contribution in [2.24, 2.45) is 5.92 Å². The van der Waals surface area contributed by atoms with Crippen molar-refractivity contribution < 1.29 is 13.5 Å². The number of sulfonamides is 1. The summed E-state index contributed by atoms with van der Waals surface area (Å²) in [5.74, 6) is -0.0169. The number of H-pyrrole nitrogens is 2. The Balaban J connectivity index is 1.67. The Kier molecular flexibility index (Phi) is 5.19. The van der Waals surface area contributed by atoms with Crippen LogP contribution in [0.15, 0.2) is 51.0 Å². The Hall–Kier alpha value is -2.27. The molecule has 0 bridgehead atoms. The molecule has 0 aliphatic carbocycles. The molecular weight excluding hydrogens is 396 g/mol. The number of fused-ring (bicyclic) bond motifs is 1. The lowest BCUT2D eigenvalue weighted by Crippen LogP contribution is -2.44. The topological polar surface area (TPSA) is 127 Å². The zero-order valence-electron chi connectivity index (χ0n) is 16.0.